The first kappa shape index (κ1) is 28.0. The van der Waals surface area contributed by atoms with Crippen LogP contribution >= 0.6 is 0 Å². The van der Waals surface area contributed by atoms with Crippen molar-refractivity contribution in [2.75, 3.05) is 0 Å². The molecule has 0 fully saturated rings. The van der Waals surface area contributed by atoms with E-state index in [9.17, 15) is 9.59 Å². The summed E-state index contributed by atoms with van der Waals surface area (Å²) in [4.78, 5) is 20.2. The van der Waals surface area contributed by atoms with E-state index in [2.05, 4.69) is 80.2 Å². The lowest BCUT2D eigenvalue weighted by molar-refractivity contribution is -0.108. The van der Waals surface area contributed by atoms with Crippen molar-refractivity contribution in [1.29, 1.82) is 0 Å². The fraction of sp³-hybridized carbons (Fsp3) is 0.400. The van der Waals surface area contributed by atoms with Gasteiger partial charge in [0.2, 0.25) is 0 Å². The molecule has 0 N–H and O–H groups in total. The van der Waals surface area contributed by atoms with Crippen molar-refractivity contribution in [1.82, 2.24) is 0 Å². The van der Waals surface area contributed by atoms with Gasteiger partial charge in [0.25, 0.3) is 0 Å². The van der Waals surface area contributed by atoms with Crippen molar-refractivity contribution in [2.24, 2.45) is 0 Å². The summed E-state index contributed by atoms with van der Waals surface area (Å²) in [5.41, 5.74) is 36.0. The summed E-state index contributed by atoms with van der Waals surface area (Å²) in [5, 5.41) is 0. The Labute approximate surface area is 191 Å². The van der Waals surface area contributed by atoms with Crippen LogP contribution in [0.5, 0.6) is 0 Å². The number of rotatable bonds is 14. The zero-order valence-electron chi connectivity index (χ0n) is 18.6. The Morgan fingerprint density at radius 3 is 1.22 bits per heavy atom. The molecule has 0 aromatic carbocycles. The standard InChI is InChI=1S/C30H28O2/c31-29-27-25-23-21-19-17-15-13-11-9-7-5-3-1-2-4-6-8-10-12-14-16-18-20-22-24-26-28-30-32/h3,28-30H,5,7,9,11,13,15,17,19,21,23,25,27H2. The van der Waals surface area contributed by atoms with E-state index < -0.39 is 0 Å². The molecule has 0 rings (SSSR count). The Morgan fingerprint density at radius 2 is 0.781 bits per heavy atom. The number of unbranched alkanes of at least 4 members (excludes halogenated alkanes) is 11. The second-order valence-electron chi connectivity index (χ2n) is 6.58. The van der Waals surface area contributed by atoms with Crippen LogP contribution < -0.4 is 0 Å². The first-order valence-corrected chi connectivity index (χ1v) is 10.9. The van der Waals surface area contributed by atoms with Gasteiger partial charge in [-0.15, -0.1) is 0 Å². The minimum absolute atomic E-state index is 0.589. The molecule has 2 nitrogen and oxygen atoms in total. The molecule has 0 radical (unpaired) electrons. The summed E-state index contributed by atoms with van der Waals surface area (Å²) in [7, 11) is 0. The van der Waals surface area contributed by atoms with Crippen LogP contribution in [0.1, 0.15) is 77.0 Å². The molecule has 0 aromatic heterocycles. The van der Waals surface area contributed by atoms with Gasteiger partial charge in [-0.05, 0) is 94.1 Å². The molecule has 0 aliphatic carbocycles. The molecule has 0 aliphatic rings. The van der Waals surface area contributed by atoms with Crippen LogP contribution in [-0.2, 0) is 9.59 Å². The molecule has 0 aliphatic heterocycles. The van der Waals surface area contributed by atoms with Crippen molar-refractivity contribution in [2.45, 2.75) is 77.0 Å². The summed E-state index contributed by atoms with van der Waals surface area (Å²) in [6.07, 6.45) is 18.8. The van der Waals surface area contributed by atoms with Crippen molar-refractivity contribution in [3.05, 3.63) is 92.4 Å². The molecule has 0 spiro atoms. The van der Waals surface area contributed by atoms with Gasteiger partial charge < -0.3 is 4.79 Å². The van der Waals surface area contributed by atoms with E-state index >= 15 is 0 Å². The first-order valence-electron chi connectivity index (χ1n) is 10.9. The van der Waals surface area contributed by atoms with Gasteiger partial charge in [-0.3, -0.25) is 4.79 Å². The summed E-state index contributed by atoms with van der Waals surface area (Å²) >= 11 is 0. The Balaban J connectivity index is 4.20. The molecule has 2 heteroatoms. The smallest absolute Gasteiger partial charge is 0.151 e. The maximum atomic E-state index is 10.2. The number of hydrogen-bond acceptors (Lipinski definition) is 2. The molecular formula is C30H28O2. The van der Waals surface area contributed by atoms with Crippen LogP contribution in [0.2, 0.25) is 0 Å². The largest absolute Gasteiger partial charge is 0.303 e. The number of allylic oxidation sites excluding steroid dienone is 2. The normalized spacial score (nSPS) is 7.38. The van der Waals surface area contributed by atoms with E-state index in [1.54, 1.807) is 0 Å². The van der Waals surface area contributed by atoms with Crippen LogP contribution in [0.15, 0.2) is 92.4 Å². The highest BCUT2D eigenvalue weighted by atomic mass is 16.1. The minimum atomic E-state index is 0.589. The Kier molecular flexibility index (Phi) is 23.6. The number of carbonyl (C=O) groups is 2. The van der Waals surface area contributed by atoms with E-state index in [-0.39, 0.29) is 0 Å². The van der Waals surface area contributed by atoms with Gasteiger partial charge in [-0.2, -0.15) is 0 Å². The van der Waals surface area contributed by atoms with Crippen LogP contribution in [0.25, 0.3) is 0 Å². The lowest BCUT2D eigenvalue weighted by Gasteiger charge is -2.01. The molecule has 0 aromatic rings. The highest BCUT2D eigenvalue weighted by Gasteiger charge is 1.92. The molecule has 0 saturated heterocycles. The summed E-state index contributed by atoms with van der Waals surface area (Å²) < 4.78 is 0. The predicted molar refractivity (Wildman–Crippen MR) is 126 cm³/mol. The van der Waals surface area contributed by atoms with Crippen molar-refractivity contribution in [3.8, 4) is 0 Å². The molecule has 0 saturated carbocycles. The van der Waals surface area contributed by atoms with Crippen molar-refractivity contribution >= 4 is 12.6 Å². The van der Waals surface area contributed by atoms with Crippen LogP contribution in [0, 0.1) is 0 Å². The highest BCUT2D eigenvalue weighted by molar-refractivity contribution is 5.64. The molecule has 0 atom stereocenters. The average molecular weight is 421 g/mol. The monoisotopic (exact) mass is 420 g/mol. The zero-order valence-corrected chi connectivity index (χ0v) is 18.6. The van der Waals surface area contributed by atoms with Crippen LogP contribution in [-0.4, -0.2) is 12.6 Å². The van der Waals surface area contributed by atoms with Crippen molar-refractivity contribution in [3.63, 3.8) is 0 Å². The number of aldehydes is 2. The zero-order chi connectivity index (χ0) is 23.2. The Hall–Kier alpha value is -4.00. The van der Waals surface area contributed by atoms with Gasteiger partial charge in [-0.1, -0.05) is 62.8 Å². The van der Waals surface area contributed by atoms with Crippen LogP contribution in [0.3, 0.4) is 0 Å². The summed E-state index contributed by atoms with van der Waals surface area (Å²) in [6, 6.07) is 0. The third-order valence-corrected chi connectivity index (χ3v) is 4.01. The van der Waals surface area contributed by atoms with Crippen LogP contribution in [0.4, 0.5) is 0 Å². The summed E-state index contributed by atoms with van der Waals surface area (Å²) in [6.45, 7) is 0. The van der Waals surface area contributed by atoms with Gasteiger partial charge in [0.15, 0.2) is 6.29 Å². The fourth-order valence-corrected chi connectivity index (χ4v) is 2.47. The van der Waals surface area contributed by atoms with E-state index in [0.29, 0.717) is 12.7 Å². The topological polar surface area (TPSA) is 34.1 Å². The van der Waals surface area contributed by atoms with Gasteiger partial charge in [-0.25, -0.2) is 0 Å². The number of hydrogen-bond donors (Lipinski definition) is 0. The second-order valence-corrected chi connectivity index (χ2v) is 6.58. The second kappa shape index (κ2) is 27.0. The SMILES string of the molecule is O=CC=C=C=C=C=C=C=C=C=C=C=C=C=C=C=CCCCCCCCCCCCCC=O. The van der Waals surface area contributed by atoms with Gasteiger partial charge in [0, 0.05) is 12.5 Å². The van der Waals surface area contributed by atoms with E-state index in [4.69, 9.17) is 0 Å². The molecule has 0 unspecified atom stereocenters. The lowest BCUT2D eigenvalue weighted by atomic mass is 10.1. The van der Waals surface area contributed by atoms with Crippen molar-refractivity contribution < 1.29 is 9.59 Å². The maximum absolute atomic E-state index is 10.2. The third-order valence-electron chi connectivity index (χ3n) is 4.01. The quantitative estimate of drug-likeness (QED) is 0.134. The van der Waals surface area contributed by atoms with E-state index in [0.717, 1.165) is 25.2 Å². The molecule has 0 amide bonds. The number of carbonyl (C=O) groups excluding carboxylic acids is 2. The fourth-order valence-electron chi connectivity index (χ4n) is 2.47. The molecule has 160 valence electrons. The van der Waals surface area contributed by atoms with E-state index in [1.807, 2.05) is 6.08 Å². The minimum Gasteiger partial charge on any atom is -0.303 e. The Bertz CT molecular complexity index is 1110. The third kappa shape index (κ3) is 26.0. The molecule has 0 heterocycles. The van der Waals surface area contributed by atoms with Gasteiger partial charge >= 0.3 is 0 Å². The highest BCUT2D eigenvalue weighted by Crippen LogP contribution is 2.11. The van der Waals surface area contributed by atoms with E-state index in [1.165, 1.54) is 57.8 Å². The molecule has 32 heavy (non-hydrogen) atoms. The van der Waals surface area contributed by atoms with Gasteiger partial charge in [0.05, 0.1) is 0 Å². The molecule has 0 bridgehead atoms. The first-order chi connectivity index (χ1) is 15.9. The predicted octanol–water partition coefficient (Wildman–Crippen LogP) is 6.79. The molecular weight excluding hydrogens is 392 g/mol. The Morgan fingerprint density at radius 1 is 0.406 bits per heavy atom. The lowest BCUT2D eigenvalue weighted by Crippen LogP contribution is -1.82. The maximum Gasteiger partial charge on any atom is 0.151 e. The average Bonchev–Trinajstić information content (AvgIpc) is 2.81. The summed E-state index contributed by atoms with van der Waals surface area (Å²) in [5.74, 6) is 0. The van der Waals surface area contributed by atoms with Gasteiger partial charge in [0.1, 0.15) is 6.29 Å².